The highest BCUT2D eigenvalue weighted by Crippen LogP contribution is 2.30. The Morgan fingerprint density at radius 1 is 1.17 bits per heavy atom. The molecule has 128 valence electrons. The molecule has 0 radical (unpaired) electrons. The van der Waals surface area contributed by atoms with Gasteiger partial charge in [0.15, 0.2) is 0 Å². The van der Waals surface area contributed by atoms with Crippen molar-refractivity contribution in [2.24, 2.45) is 0 Å². The monoisotopic (exact) mass is 327 g/mol. The number of methoxy groups -OCH3 is 1. The molecule has 1 amide bonds. The Labute approximate surface area is 143 Å². The van der Waals surface area contributed by atoms with Crippen molar-refractivity contribution in [2.45, 2.75) is 33.6 Å². The summed E-state index contributed by atoms with van der Waals surface area (Å²) in [6.07, 6.45) is 0. The van der Waals surface area contributed by atoms with Gasteiger partial charge in [-0.25, -0.2) is 0 Å². The molecule has 0 atom stereocenters. The van der Waals surface area contributed by atoms with Gasteiger partial charge in [0.1, 0.15) is 11.5 Å². The van der Waals surface area contributed by atoms with Crippen LogP contribution in [0.25, 0.3) is 0 Å². The lowest BCUT2D eigenvalue weighted by Gasteiger charge is -2.16. The standard InChI is InChI=1S/C20H25NO3/c1-6-24-16-9-7-15(8-10-16)21-20(22)18-12-17(13(2)3)19(23-5)11-14(18)4/h7-13H,6H2,1-5H3,(H,21,22). The fraction of sp³-hybridized carbons (Fsp3) is 0.350. The molecule has 0 aliphatic heterocycles. The number of nitrogens with one attached hydrogen (secondary N) is 1. The van der Waals surface area contributed by atoms with Gasteiger partial charge in [-0.05, 0) is 67.3 Å². The first-order valence-corrected chi connectivity index (χ1v) is 8.19. The Hall–Kier alpha value is -2.49. The summed E-state index contributed by atoms with van der Waals surface area (Å²) in [4.78, 5) is 12.6. The van der Waals surface area contributed by atoms with Crippen LogP contribution in [0.1, 0.15) is 48.2 Å². The van der Waals surface area contributed by atoms with Gasteiger partial charge in [-0.15, -0.1) is 0 Å². The van der Waals surface area contributed by atoms with Gasteiger partial charge >= 0.3 is 0 Å². The number of hydrogen-bond donors (Lipinski definition) is 1. The second-order valence-corrected chi connectivity index (χ2v) is 5.98. The quantitative estimate of drug-likeness (QED) is 0.830. The number of amides is 1. The van der Waals surface area contributed by atoms with E-state index < -0.39 is 0 Å². The number of ether oxygens (including phenoxy) is 2. The molecule has 4 heteroatoms. The van der Waals surface area contributed by atoms with Crippen molar-refractivity contribution in [3.05, 3.63) is 53.1 Å². The van der Waals surface area contributed by atoms with E-state index in [1.54, 1.807) is 7.11 Å². The lowest BCUT2D eigenvalue weighted by molar-refractivity contribution is 0.102. The van der Waals surface area contributed by atoms with Crippen molar-refractivity contribution in [3.8, 4) is 11.5 Å². The van der Waals surface area contributed by atoms with Crippen molar-refractivity contribution in [3.63, 3.8) is 0 Å². The Morgan fingerprint density at radius 2 is 1.83 bits per heavy atom. The zero-order valence-corrected chi connectivity index (χ0v) is 15.0. The van der Waals surface area contributed by atoms with E-state index in [0.29, 0.717) is 12.2 Å². The third-order valence-electron chi connectivity index (χ3n) is 3.87. The second-order valence-electron chi connectivity index (χ2n) is 5.98. The Kier molecular flexibility index (Phi) is 5.85. The molecular weight excluding hydrogens is 302 g/mol. The maximum atomic E-state index is 12.6. The van der Waals surface area contributed by atoms with Crippen LogP contribution in [0.2, 0.25) is 0 Å². The van der Waals surface area contributed by atoms with Crippen molar-refractivity contribution in [1.29, 1.82) is 0 Å². The fourth-order valence-electron chi connectivity index (χ4n) is 2.57. The van der Waals surface area contributed by atoms with Gasteiger partial charge in [0.25, 0.3) is 5.91 Å². The molecule has 0 unspecified atom stereocenters. The van der Waals surface area contributed by atoms with Gasteiger partial charge < -0.3 is 14.8 Å². The van der Waals surface area contributed by atoms with Crippen molar-refractivity contribution in [2.75, 3.05) is 19.0 Å². The van der Waals surface area contributed by atoms with Crippen molar-refractivity contribution >= 4 is 11.6 Å². The second kappa shape index (κ2) is 7.86. The molecule has 2 aromatic rings. The molecule has 0 aromatic heterocycles. The molecule has 0 saturated heterocycles. The van der Waals surface area contributed by atoms with E-state index in [9.17, 15) is 4.79 Å². The zero-order chi connectivity index (χ0) is 17.7. The van der Waals surface area contributed by atoms with Crippen LogP contribution < -0.4 is 14.8 Å². The van der Waals surface area contributed by atoms with E-state index in [1.165, 1.54) is 0 Å². The molecular formula is C20H25NO3. The summed E-state index contributed by atoms with van der Waals surface area (Å²) in [6.45, 7) is 8.64. The van der Waals surface area contributed by atoms with E-state index in [1.807, 2.05) is 50.2 Å². The lowest BCUT2D eigenvalue weighted by Crippen LogP contribution is -2.14. The molecule has 0 bridgehead atoms. The first-order chi connectivity index (χ1) is 11.5. The number of anilines is 1. The highest BCUT2D eigenvalue weighted by molar-refractivity contribution is 6.05. The summed E-state index contributed by atoms with van der Waals surface area (Å²) >= 11 is 0. The number of carbonyl (C=O) groups is 1. The lowest BCUT2D eigenvalue weighted by atomic mass is 9.96. The summed E-state index contributed by atoms with van der Waals surface area (Å²) in [5.41, 5.74) is 3.32. The Balaban J connectivity index is 2.24. The van der Waals surface area contributed by atoms with Crippen molar-refractivity contribution < 1.29 is 14.3 Å². The van der Waals surface area contributed by atoms with Crippen LogP contribution in [0.4, 0.5) is 5.69 Å². The van der Waals surface area contributed by atoms with Crippen LogP contribution >= 0.6 is 0 Å². The third-order valence-corrected chi connectivity index (χ3v) is 3.87. The molecule has 0 spiro atoms. The highest BCUT2D eigenvalue weighted by atomic mass is 16.5. The summed E-state index contributed by atoms with van der Waals surface area (Å²) in [7, 11) is 1.65. The summed E-state index contributed by atoms with van der Waals surface area (Å²) in [6, 6.07) is 11.2. The van der Waals surface area contributed by atoms with Gasteiger partial charge in [-0.3, -0.25) is 4.79 Å². The minimum atomic E-state index is -0.124. The Morgan fingerprint density at radius 3 is 2.38 bits per heavy atom. The van der Waals surface area contributed by atoms with Crippen LogP contribution in [-0.4, -0.2) is 19.6 Å². The average Bonchev–Trinajstić information content (AvgIpc) is 2.56. The van der Waals surface area contributed by atoms with Gasteiger partial charge in [-0.1, -0.05) is 13.8 Å². The maximum Gasteiger partial charge on any atom is 0.255 e. The third kappa shape index (κ3) is 4.07. The largest absolute Gasteiger partial charge is 0.496 e. The molecule has 2 rings (SSSR count). The number of benzene rings is 2. The minimum absolute atomic E-state index is 0.124. The van der Waals surface area contributed by atoms with E-state index >= 15 is 0 Å². The van der Waals surface area contributed by atoms with Gasteiger partial charge in [0, 0.05) is 11.3 Å². The zero-order valence-electron chi connectivity index (χ0n) is 15.0. The Bertz CT molecular complexity index is 706. The normalized spacial score (nSPS) is 10.6. The highest BCUT2D eigenvalue weighted by Gasteiger charge is 2.16. The van der Waals surface area contributed by atoms with Crippen LogP contribution in [0.3, 0.4) is 0 Å². The van der Waals surface area contributed by atoms with E-state index in [4.69, 9.17) is 9.47 Å². The van der Waals surface area contributed by atoms with Crippen LogP contribution in [0.15, 0.2) is 36.4 Å². The average molecular weight is 327 g/mol. The number of carbonyl (C=O) groups excluding carboxylic acids is 1. The molecule has 0 saturated carbocycles. The van der Waals surface area contributed by atoms with Gasteiger partial charge in [0.2, 0.25) is 0 Å². The van der Waals surface area contributed by atoms with Gasteiger partial charge in [-0.2, -0.15) is 0 Å². The summed E-state index contributed by atoms with van der Waals surface area (Å²) in [5, 5.41) is 2.94. The predicted molar refractivity (Wildman–Crippen MR) is 97.4 cm³/mol. The molecule has 1 N–H and O–H groups in total. The van der Waals surface area contributed by atoms with E-state index in [0.717, 1.165) is 28.3 Å². The first kappa shape index (κ1) is 17.9. The fourth-order valence-corrected chi connectivity index (χ4v) is 2.57. The minimum Gasteiger partial charge on any atom is -0.496 e. The van der Waals surface area contributed by atoms with E-state index in [-0.39, 0.29) is 11.8 Å². The topological polar surface area (TPSA) is 47.6 Å². The molecule has 24 heavy (non-hydrogen) atoms. The van der Waals surface area contributed by atoms with Gasteiger partial charge in [0.05, 0.1) is 13.7 Å². The molecule has 0 aliphatic carbocycles. The number of hydrogen-bond acceptors (Lipinski definition) is 3. The predicted octanol–water partition coefficient (Wildman–Crippen LogP) is 4.78. The smallest absolute Gasteiger partial charge is 0.255 e. The van der Waals surface area contributed by atoms with E-state index in [2.05, 4.69) is 19.2 Å². The van der Waals surface area contributed by atoms with Crippen LogP contribution in [-0.2, 0) is 0 Å². The molecule has 0 heterocycles. The molecule has 2 aromatic carbocycles. The summed E-state index contributed by atoms with van der Waals surface area (Å²) in [5.74, 6) is 1.76. The maximum absolute atomic E-state index is 12.6. The van der Waals surface area contributed by atoms with Crippen LogP contribution in [0, 0.1) is 6.92 Å². The first-order valence-electron chi connectivity index (χ1n) is 8.19. The number of rotatable bonds is 6. The molecule has 4 nitrogen and oxygen atoms in total. The number of aryl methyl sites for hydroxylation is 1. The molecule has 0 fully saturated rings. The van der Waals surface area contributed by atoms with Crippen LogP contribution in [0.5, 0.6) is 11.5 Å². The SMILES string of the molecule is CCOc1ccc(NC(=O)c2cc(C(C)C)c(OC)cc2C)cc1. The summed E-state index contributed by atoms with van der Waals surface area (Å²) < 4.78 is 10.8. The van der Waals surface area contributed by atoms with Crippen molar-refractivity contribution in [1.82, 2.24) is 0 Å². The molecule has 0 aliphatic rings.